The van der Waals surface area contributed by atoms with Gasteiger partial charge in [-0.1, -0.05) is 18.2 Å². The Morgan fingerprint density at radius 1 is 1.44 bits per heavy atom. The van der Waals surface area contributed by atoms with Gasteiger partial charge in [0.25, 0.3) is 0 Å². The van der Waals surface area contributed by atoms with Crippen LogP contribution in [0.3, 0.4) is 0 Å². The molecule has 0 aliphatic carbocycles. The topological polar surface area (TPSA) is 66.4 Å². The molecular weight excluding hydrogens is 250 g/mol. The van der Waals surface area contributed by atoms with E-state index in [0.717, 1.165) is 5.75 Å². The minimum absolute atomic E-state index is 0.363. The van der Waals surface area contributed by atoms with Gasteiger partial charge < -0.3 is 10.4 Å². The fourth-order valence-corrected chi connectivity index (χ4v) is 2.88. The van der Waals surface area contributed by atoms with E-state index in [9.17, 15) is 9.59 Å². The molecule has 0 saturated carbocycles. The Balaban J connectivity index is 2.55. The zero-order valence-corrected chi connectivity index (χ0v) is 11.3. The molecule has 0 fully saturated rings. The third kappa shape index (κ3) is 4.07. The van der Waals surface area contributed by atoms with E-state index in [1.807, 2.05) is 32.0 Å². The lowest BCUT2D eigenvalue weighted by atomic mass is 10.1. The highest BCUT2D eigenvalue weighted by molar-refractivity contribution is 7.98. The van der Waals surface area contributed by atoms with Crippen LogP contribution in [-0.2, 0) is 15.3 Å². The summed E-state index contributed by atoms with van der Waals surface area (Å²) in [4.78, 5) is 21.1. The molecule has 0 aliphatic rings. The fraction of sp³-hybridized carbons (Fsp3) is 0.385. The predicted octanol–water partition coefficient (Wildman–Crippen LogP) is 1.74. The lowest BCUT2D eigenvalue weighted by molar-refractivity contribution is -0.139. The molecule has 0 spiro atoms. The molecule has 18 heavy (non-hydrogen) atoms. The minimum atomic E-state index is -1.00. The standard InChI is InChI=1S/C13H17NO3S/c1-9-4-3-5-10(2)11(9)6-18-7-12(13(16)17)14-8-15/h3-5,8,12H,6-7H2,1-2H3,(H,14,15)(H,16,17). The molecule has 2 N–H and O–H groups in total. The Bertz CT molecular complexity index is 414. The van der Waals surface area contributed by atoms with Crippen LogP contribution in [-0.4, -0.2) is 29.3 Å². The number of carboxylic acids is 1. The van der Waals surface area contributed by atoms with E-state index < -0.39 is 12.0 Å². The maximum Gasteiger partial charge on any atom is 0.327 e. The predicted molar refractivity (Wildman–Crippen MR) is 72.7 cm³/mol. The van der Waals surface area contributed by atoms with Crippen LogP contribution >= 0.6 is 11.8 Å². The van der Waals surface area contributed by atoms with E-state index >= 15 is 0 Å². The second kappa shape index (κ2) is 7.06. The van der Waals surface area contributed by atoms with Crippen LogP contribution in [0.1, 0.15) is 16.7 Å². The number of aryl methyl sites for hydroxylation is 2. The smallest absolute Gasteiger partial charge is 0.327 e. The molecule has 0 heterocycles. The highest BCUT2D eigenvalue weighted by atomic mass is 32.2. The van der Waals surface area contributed by atoms with Gasteiger partial charge in [0.15, 0.2) is 0 Å². The van der Waals surface area contributed by atoms with Crippen molar-refractivity contribution in [3.63, 3.8) is 0 Å². The number of hydrogen-bond donors (Lipinski definition) is 2. The van der Waals surface area contributed by atoms with Crippen molar-refractivity contribution in [1.82, 2.24) is 5.32 Å². The lowest BCUT2D eigenvalue weighted by Gasteiger charge is -2.12. The molecule has 1 aromatic carbocycles. The quantitative estimate of drug-likeness (QED) is 0.738. The summed E-state index contributed by atoms with van der Waals surface area (Å²) in [6, 6.07) is 5.27. The number of thioether (sulfide) groups is 1. The van der Waals surface area contributed by atoms with Gasteiger partial charge in [-0.05, 0) is 30.5 Å². The maximum atomic E-state index is 10.8. The van der Waals surface area contributed by atoms with Gasteiger partial charge in [-0.25, -0.2) is 4.79 Å². The average Bonchev–Trinajstić information content (AvgIpc) is 2.31. The van der Waals surface area contributed by atoms with E-state index in [1.54, 1.807) is 0 Å². The lowest BCUT2D eigenvalue weighted by Crippen LogP contribution is -2.37. The van der Waals surface area contributed by atoms with E-state index in [-0.39, 0.29) is 0 Å². The first kappa shape index (κ1) is 14.6. The summed E-state index contributed by atoms with van der Waals surface area (Å²) in [7, 11) is 0. The number of nitrogens with one attached hydrogen (secondary N) is 1. The summed E-state index contributed by atoms with van der Waals surface area (Å²) in [5.74, 6) is 0.112. The zero-order chi connectivity index (χ0) is 13.5. The van der Waals surface area contributed by atoms with Crippen LogP contribution < -0.4 is 5.32 Å². The first-order chi connectivity index (χ1) is 8.56. The van der Waals surface area contributed by atoms with Crippen LogP contribution in [0.4, 0.5) is 0 Å². The summed E-state index contributed by atoms with van der Waals surface area (Å²) in [6.07, 6.45) is 0.429. The molecule has 0 radical (unpaired) electrons. The average molecular weight is 267 g/mol. The number of hydrogen-bond acceptors (Lipinski definition) is 3. The van der Waals surface area contributed by atoms with Crippen LogP contribution in [0.2, 0.25) is 0 Å². The van der Waals surface area contributed by atoms with Gasteiger partial charge in [0.1, 0.15) is 6.04 Å². The Morgan fingerprint density at radius 3 is 2.56 bits per heavy atom. The Labute approximate surface area is 111 Å². The molecular formula is C13H17NO3S. The summed E-state index contributed by atoms with van der Waals surface area (Å²) in [5, 5.41) is 11.2. The molecule has 5 heteroatoms. The van der Waals surface area contributed by atoms with Gasteiger partial charge in [-0.3, -0.25) is 4.79 Å². The largest absolute Gasteiger partial charge is 0.480 e. The van der Waals surface area contributed by atoms with Crippen molar-refractivity contribution in [2.75, 3.05) is 5.75 Å². The summed E-state index contributed by atoms with van der Waals surface area (Å²) in [5.41, 5.74) is 3.65. The Kier molecular flexibility index (Phi) is 5.71. The summed E-state index contributed by atoms with van der Waals surface area (Å²) < 4.78 is 0. The molecule has 0 aliphatic heterocycles. The van der Waals surface area contributed by atoms with Crippen molar-refractivity contribution >= 4 is 24.1 Å². The highest BCUT2D eigenvalue weighted by Crippen LogP contribution is 2.20. The monoisotopic (exact) mass is 267 g/mol. The van der Waals surface area contributed by atoms with E-state index in [2.05, 4.69) is 5.32 Å². The van der Waals surface area contributed by atoms with E-state index in [1.165, 1.54) is 28.5 Å². The van der Waals surface area contributed by atoms with Crippen molar-refractivity contribution in [2.45, 2.75) is 25.6 Å². The van der Waals surface area contributed by atoms with Crippen molar-refractivity contribution < 1.29 is 14.7 Å². The molecule has 1 atom stereocenters. The highest BCUT2D eigenvalue weighted by Gasteiger charge is 2.16. The van der Waals surface area contributed by atoms with Gasteiger partial charge in [0, 0.05) is 11.5 Å². The first-order valence-corrected chi connectivity index (χ1v) is 6.77. The van der Waals surface area contributed by atoms with E-state index in [0.29, 0.717) is 12.2 Å². The van der Waals surface area contributed by atoms with Crippen LogP contribution in [0, 0.1) is 13.8 Å². The van der Waals surface area contributed by atoms with Crippen LogP contribution in [0.25, 0.3) is 0 Å². The van der Waals surface area contributed by atoms with Crippen LogP contribution in [0.15, 0.2) is 18.2 Å². The van der Waals surface area contributed by atoms with Gasteiger partial charge in [-0.15, -0.1) is 0 Å². The Morgan fingerprint density at radius 2 is 2.06 bits per heavy atom. The van der Waals surface area contributed by atoms with Gasteiger partial charge in [-0.2, -0.15) is 11.8 Å². The number of carboxylic acid groups (broad SMARTS) is 1. The normalized spacial score (nSPS) is 11.9. The molecule has 1 amide bonds. The van der Waals surface area contributed by atoms with Crippen molar-refractivity contribution in [1.29, 1.82) is 0 Å². The molecule has 1 aromatic rings. The van der Waals surface area contributed by atoms with Gasteiger partial charge in [0.05, 0.1) is 0 Å². The number of benzene rings is 1. The summed E-state index contributed by atoms with van der Waals surface area (Å²) >= 11 is 1.51. The third-order valence-electron chi connectivity index (χ3n) is 2.74. The second-order valence-electron chi connectivity index (χ2n) is 4.06. The van der Waals surface area contributed by atoms with Crippen molar-refractivity contribution in [3.05, 3.63) is 34.9 Å². The number of carbonyl (C=O) groups excluding carboxylic acids is 1. The van der Waals surface area contributed by atoms with Crippen molar-refractivity contribution in [3.8, 4) is 0 Å². The van der Waals surface area contributed by atoms with Crippen molar-refractivity contribution in [2.24, 2.45) is 0 Å². The maximum absolute atomic E-state index is 10.8. The minimum Gasteiger partial charge on any atom is -0.480 e. The van der Waals surface area contributed by atoms with Crippen LogP contribution in [0.5, 0.6) is 0 Å². The van der Waals surface area contributed by atoms with Gasteiger partial charge >= 0.3 is 5.97 Å². The number of rotatable bonds is 7. The molecule has 1 rings (SSSR count). The first-order valence-electron chi connectivity index (χ1n) is 5.61. The number of amides is 1. The molecule has 1 unspecified atom stereocenters. The zero-order valence-electron chi connectivity index (χ0n) is 10.5. The third-order valence-corrected chi connectivity index (χ3v) is 3.80. The molecule has 4 nitrogen and oxygen atoms in total. The number of carbonyl (C=O) groups is 2. The number of aliphatic carboxylic acids is 1. The molecule has 98 valence electrons. The Hall–Kier alpha value is -1.49. The van der Waals surface area contributed by atoms with E-state index in [4.69, 9.17) is 5.11 Å². The fourth-order valence-electron chi connectivity index (χ4n) is 1.63. The summed E-state index contributed by atoms with van der Waals surface area (Å²) in [6.45, 7) is 4.09. The SMILES string of the molecule is Cc1cccc(C)c1CSCC(NC=O)C(=O)O. The van der Waals surface area contributed by atoms with Gasteiger partial charge in [0.2, 0.25) is 6.41 Å². The molecule has 0 aromatic heterocycles. The molecule has 0 saturated heterocycles. The molecule has 0 bridgehead atoms. The second-order valence-corrected chi connectivity index (χ2v) is 5.09.